The molecule has 1 fully saturated rings. The van der Waals surface area contributed by atoms with Gasteiger partial charge in [-0.25, -0.2) is 0 Å². The molecule has 0 bridgehead atoms. The number of nitrogens with one attached hydrogen (secondary N) is 1. The summed E-state index contributed by atoms with van der Waals surface area (Å²) >= 11 is 0. The average Bonchev–Trinajstić information content (AvgIpc) is 3.19. The van der Waals surface area contributed by atoms with Crippen molar-refractivity contribution in [3.05, 3.63) is 42.2 Å². The fourth-order valence-corrected chi connectivity index (χ4v) is 2.83. The van der Waals surface area contributed by atoms with Crippen molar-refractivity contribution >= 4 is 11.6 Å². The van der Waals surface area contributed by atoms with Crippen LogP contribution in [-0.4, -0.2) is 52.9 Å². The fraction of sp³-hybridized carbons (Fsp3) is 0.400. The van der Waals surface area contributed by atoms with E-state index in [1.54, 1.807) is 4.90 Å². The molecule has 1 aliphatic heterocycles. The van der Waals surface area contributed by atoms with Gasteiger partial charge in [-0.1, -0.05) is 18.2 Å². The Balaban J connectivity index is 1.56. The molecule has 110 valence electrons. The molecule has 1 aromatic carbocycles. The number of nitrogens with zero attached hydrogens (tertiary/aromatic N) is 4. The SMILES string of the molecule is CN(CC1CCN(c2ccccc2)C1)C(=O)c1cn[nH]n1. The van der Waals surface area contributed by atoms with Gasteiger partial charge >= 0.3 is 0 Å². The van der Waals surface area contributed by atoms with Crippen molar-refractivity contribution in [1.29, 1.82) is 0 Å². The lowest BCUT2D eigenvalue weighted by Crippen LogP contribution is -2.33. The normalized spacial score (nSPS) is 18.0. The first kappa shape index (κ1) is 13.6. The minimum atomic E-state index is -0.0816. The van der Waals surface area contributed by atoms with Crippen LogP contribution in [0.3, 0.4) is 0 Å². The summed E-state index contributed by atoms with van der Waals surface area (Å²) < 4.78 is 0. The van der Waals surface area contributed by atoms with Crippen molar-refractivity contribution in [2.45, 2.75) is 6.42 Å². The Labute approximate surface area is 123 Å². The van der Waals surface area contributed by atoms with Crippen LogP contribution in [0, 0.1) is 5.92 Å². The number of para-hydroxylation sites is 1. The molecule has 2 aromatic rings. The van der Waals surface area contributed by atoms with Crippen molar-refractivity contribution in [1.82, 2.24) is 20.3 Å². The highest BCUT2D eigenvalue weighted by Gasteiger charge is 2.25. The van der Waals surface area contributed by atoms with E-state index < -0.39 is 0 Å². The number of carbonyl (C=O) groups excluding carboxylic acids is 1. The molecule has 6 heteroatoms. The fourth-order valence-electron chi connectivity index (χ4n) is 2.83. The molecule has 1 aromatic heterocycles. The third-order valence-electron chi connectivity index (χ3n) is 3.92. The van der Waals surface area contributed by atoms with Gasteiger partial charge in [-0.3, -0.25) is 4.79 Å². The van der Waals surface area contributed by atoms with Crippen molar-refractivity contribution < 1.29 is 4.79 Å². The summed E-state index contributed by atoms with van der Waals surface area (Å²) in [6, 6.07) is 10.4. The summed E-state index contributed by atoms with van der Waals surface area (Å²) in [4.78, 5) is 16.2. The highest BCUT2D eigenvalue weighted by molar-refractivity contribution is 5.91. The Morgan fingerprint density at radius 1 is 1.43 bits per heavy atom. The van der Waals surface area contributed by atoms with Gasteiger partial charge in [0.25, 0.3) is 5.91 Å². The first-order valence-corrected chi connectivity index (χ1v) is 7.15. The lowest BCUT2D eigenvalue weighted by Gasteiger charge is -2.22. The predicted octanol–water partition coefficient (Wildman–Crippen LogP) is 1.40. The molecule has 1 saturated heterocycles. The highest BCUT2D eigenvalue weighted by Crippen LogP contribution is 2.24. The van der Waals surface area contributed by atoms with Crippen molar-refractivity contribution in [3.63, 3.8) is 0 Å². The maximum Gasteiger partial charge on any atom is 0.275 e. The molecule has 0 spiro atoms. The van der Waals surface area contributed by atoms with Gasteiger partial charge in [-0.2, -0.15) is 15.4 Å². The maximum atomic E-state index is 12.1. The van der Waals surface area contributed by atoms with Gasteiger partial charge in [0, 0.05) is 32.4 Å². The Morgan fingerprint density at radius 3 is 2.95 bits per heavy atom. The van der Waals surface area contributed by atoms with Crippen molar-refractivity contribution in [2.75, 3.05) is 31.6 Å². The van der Waals surface area contributed by atoms with Gasteiger partial charge in [-0.05, 0) is 24.5 Å². The highest BCUT2D eigenvalue weighted by atomic mass is 16.2. The molecule has 6 nitrogen and oxygen atoms in total. The topological polar surface area (TPSA) is 65.1 Å². The molecule has 1 unspecified atom stereocenters. The van der Waals surface area contributed by atoms with Crippen LogP contribution in [0.4, 0.5) is 5.69 Å². The van der Waals surface area contributed by atoms with Crippen LogP contribution >= 0.6 is 0 Å². The minimum Gasteiger partial charge on any atom is -0.371 e. The number of anilines is 1. The zero-order valence-electron chi connectivity index (χ0n) is 12.1. The summed E-state index contributed by atoms with van der Waals surface area (Å²) in [5.41, 5.74) is 1.63. The lowest BCUT2D eigenvalue weighted by atomic mass is 10.1. The quantitative estimate of drug-likeness (QED) is 0.922. The monoisotopic (exact) mass is 285 g/mol. The molecule has 1 amide bonds. The Morgan fingerprint density at radius 2 is 2.24 bits per heavy atom. The van der Waals surface area contributed by atoms with Crippen LogP contribution in [0.2, 0.25) is 0 Å². The summed E-state index contributed by atoms with van der Waals surface area (Å²) in [5.74, 6) is 0.410. The van der Waals surface area contributed by atoms with Gasteiger partial charge in [0.1, 0.15) is 0 Å². The summed E-state index contributed by atoms with van der Waals surface area (Å²) in [6.45, 7) is 2.77. The van der Waals surface area contributed by atoms with Crippen LogP contribution in [0.15, 0.2) is 36.5 Å². The van der Waals surface area contributed by atoms with E-state index in [0.717, 1.165) is 26.1 Å². The molecule has 3 rings (SSSR count). The summed E-state index contributed by atoms with van der Waals surface area (Å²) in [6.07, 6.45) is 2.56. The predicted molar refractivity (Wildman–Crippen MR) is 80.1 cm³/mol. The number of H-pyrrole nitrogens is 1. The molecule has 2 heterocycles. The van der Waals surface area contributed by atoms with E-state index in [1.807, 2.05) is 13.1 Å². The number of amides is 1. The molecule has 1 aliphatic rings. The maximum absolute atomic E-state index is 12.1. The van der Waals surface area contributed by atoms with Gasteiger partial charge in [0.15, 0.2) is 5.69 Å². The zero-order chi connectivity index (χ0) is 14.7. The average molecular weight is 285 g/mol. The van der Waals surface area contributed by atoms with E-state index in [4.69, 9.17) is 0 Å². The number of rotatable bonds is 4. The molecular formula is C15H19N5O. The molecule has 0 aliphatic carbocycles. The number of aromatic amines is 1. The third-order valence-corrected chi connectivity index (χ3v) is 3.92. The lowest BCUT2D eigenvalue weighted by molar-refractivity contribution is 0.0770. The Kier molecular flexibility index (Phi) is 3.85. The second kappa shape index (κ2) is 5.95. The number of hydrogen-bond acceptors (Lipinski definition) is 4. The summed E-state index contributed by atoms with van der Waals surface area (Å²) in [5, 5.41) is 9.99. The molecule has 1 N–H and O–H groups in total. The van der Waals surface area contributed by atoms with Crippen LogP contribution in [0.5, 0.6) is 0 Å². The van der Waals surface area contributed by atoms with E-state index in [1.165, 1.54) is 11.9 Å². The number of carbonyl (C=O) groups is 1. The Bertz CT molecular complexity index is 583. The Hall–Kier alpha value is -2.37. The van der Waals surface area contributed by atoms with E-state index >= 15 is 0 Å². The second-order valence-electron chi connectivity index (χ2n) is 5.48. The molecule has 1 atom stereocenters. The summed E-state index contributed by atoms with van der Waals surface area (Å²) in [7, 11) is 1.82. The standard InChI is InChI=1S/C15H19N5O/c1-19(15(21)14-9-16-18-17-14)10-12-7-8-20(11-12)13-5-3-2-4-6-13/h2-6,9,12H,7-8,10-11H2,1H3,(H,16,17,18). The van der Waals surface area contributed by atoms with E-state index in [2.05, 4.69) is 44.6 Å². The van der Waals surface area contributed by atoms with E-state index in [0.29, 0.717) is 11.6 Å². The van der Waals surface area contributed by atoms with Crippen LogP contribution in [0.1, 0.15) is 16.9 Å². The van der Waals surface area contributed by atoms with Crippen molar-refractivity contribution in [3.8, 4) is 0 Å². The smallest absolute Gasteiger partial charge is 0.275 e. The zero-order valence-corrected chi connectivity index (χ0v) is 12.1. The van der Waals surface area contributed by atoms with E-state index in [-0.39, 0.29) is 5.91 Å². The van der Waals surface area contributed by atoms with Gasteiger partial charge in [-0.15, -0.1) is 0 Å². The molecule has 0 radical (unpaired) electrons. The van der Waals surface area contributed by atoms with Crippen LogP contribution < -0.4 is 4.90 Å². The van der Waals surface area contributed by atoms with Crippen molar-refractivity contribution in [2.24, 2.45) is 5.92 Å². The minimum absolute atomic E-state index is 0.0816. The largest absolute Gasteiger partial charge is 0.371 e. The van der Waals surface area contributed by atoms with Crippen LogP contribution in [0.25, 0.3) is 0 Å². The number of aromatic nitrogens is 3. The van der Waals surface area contributed by atoms with Gasteiger partial charge in [0.05, 0.1) is 6.20 Å². The first-order chi connectivity index (χ1) is 10.2. The second-order valence-corrected chi connectivity index (χ2v) is 5.48. The molecule has 0 saturated carbocycles. The third kappa shape index (κ3) is 3.04. The van der Waals surface area contributed by atoms with Gasteiger partial charge < -0.3 is 9.80 Å². The van der Waals surface area contributed by atoms with Gasteiger partial charge in [0.2, 0.25) is 0 Å². The number of benzene rings is 1. The molecular weight excluding hydrogens is 266 g/mol. The van der Waals surface area contributed by atoms with Crippen LogP contribution in [-0.2, 0) is 0 Å². The first-order valence-electron chi connectivity index (χ1n) is 7.15. The van der Waals surface area contributed by atoms with E-state index in [9.17, 15) is 4.79 Å². The number of hydrogen-bond donors (Lipinski definition) is 1. The molecule has 21 heavy (non-hydrogen) atoms.